The monoisotopic (exact) mass is 1010 g/mol. The zero-order valence-electron chi connectivity index (χ0n) is 44.0. The number of ether oxygens (including phenoxy) is 6. The smallest absolute Gasteiger partial charge is 0.338 e. The second-order valence-corrected chi connectivity index (χ2v) is 19.7. The Kier molecular flexibility index (Phi) is 23.7. The summed E-state index contributed by atoms with van der Waals surface area (Å²) in [6.45, 7) is 2.35. The van der Waals surface area contributed by atoms with Gasteiger partial charge in [-0.05, 0) is 59.5 Å². The summed E-state index contributed by atoms with van der Waals surface area (Å²) in [5.74, 6) is -2.09. The number of rotatable bonds is 32. The Labute approximate surface area is 446 Å². The summed E-state index contributed by atoms with van der Waals surface area (Å²) in [7, 11) is 0. The first kappa shape index (κ1) is 56.3. The van der Waals surface area contributed by atoms with Crippen LogP contribution in [0.15, 0.2) is 182 Å². The van der Waals surface area contributed by atoms with Crippen molar-refractivity contribution in [1.29, 1.82) is 0 Å². The second kappa shape index (κ2) is 31.5. The average molecular weight is 1020 g/mol. The summed E-state index contributed by atoms with van der Waals surface area (Å²) >= 11 is 0. The van der Waals surface area contributed by atoms with Gasteiger partial charge in [-0.25, -0.2) is 14.4 Å². The highest BCUT2D eigenvalue weighted by atomic mass is 16.7. The Hall–Kier alpha value is -6.39. The Bertz CT molecular complexity index is 2410. The summed E-state index contributed by atoms with van der Waals surface area (Å²) < 4.78 is 40.2. The standard InChI is InChI=1S/C66H78O9/c1-2-3-4-5-6-7-8-9-10-11-12-13-14-15-16-17-18-37-50-70-65-61(75-64(69)54-42-29-21-30-43-54)60(74-63(68)53-40-27-20-28-41-53)59(73-62(67)52-38-25-19-26-39-52)58(72-65)51-71-66(55-44-31-22-32-45-55,56-46-33-23-34-47-56)57-48-35-24-36-49-57/h19-36,38-49,58-61,65H,2-18,37,50-51H2,1H3/t58-,59+,60+,61-,65+/m1/s1. The van der Waals surface area contributed by atoms with Gasteiger partial charge in [-0.3, -0.25) is 0 Å². The Morgan fingerprint density at radius 3 is 1.05 bits per heavy atom. The molecule has 0 radical (unpaired) electrons. The van der Waals surface area contributed by atoms with Gasteiger partial charge >= 0.3 is 17.9 Å². The first-order chi connectivity index (χ1) is 37.0. The number of unbranched alkanes of at least 4 members (excludes halogenated alkanes) is 17. The van der Waals surface area contributed by atoms with Gasteiger partial charge in [0.25, 0.3) is 0 Å². The fourth-order valence-electron chi connectivity index (χ4n) is 10.0. The maximum absolute atomic E-state index is 14.3. The van der Waals surface area contributed by atoms with E-state index in [1.54, 1.807) is 91.0 Å². The molecule has 1 fully saturated rings. The third kappa shape index (κ3) is 17.1. The van der Waals surface area contributed by atoms with E-state index in [0.29, 0.717) is 0 Å². The molecule has 1 saturated heterocycles. The lowest BCUT2D eigenvalue weighted by Crippen LogP contribution is -2.63. The number of carbonyl (C=O) groups is 3. The Morgan fingerprint density at radius 2 is 0.693 bits per heavy atom. The molecule has 396 valence electrons. The molecule has 0 bridgehead atoms. The Balaban J connectivity index is 1.12. The number of benzene rings is 6. The molecule has 7 rings (SSSR count). The molecule has 6 aromatic carbocycles. The highest BCUT2D eigenvalue weighted by Gasteiger charge is 2.54. The number of esters is 3. The van der Waals surface area contributed by atoms with E-state index in [1.165, 1.54) is 89.9 Å². The van der Waals surface area contributed by atoms with E-state index >= 15 is 0 Å². The topological polar surface area (TPSA) is 107 Å². The first-order valence-electron chi connectivity index (χ1n) is 27.8. The van der Waals surface area contributed by atoms with Crippen LogP contribution in [0.5, 0.6) is 0 Å². The lowest BCUT2D eigenvalue weighted by atomic mass is 9.80. The molecular formula is C66H78O9. The fraction of sp³-hybridized carbons (Fsp3) is 0.409. The van der Waals surface area contributed by atoms with Crippen LogP contribution < -0.4 is 0 Å². The quantitative estimate of drug-likeness (QED) is 0.0177. The molecule has 1 aliphatic rings. The van der Waals surface area contributed by atoms with Gasteiger partial charge in [0.15, 0.2) is 24.6 Å². The molecule has 0 saturated carbocycles. The number of carbonyl (C=O) groups excluding carboxylic acids is 3. The lowest BCUT2D eigenvalue weighted by molar-refractivity contribution is -0.303. The molecule has 9 nitrogen and oxygen atoms in total. The third-order valence-electron chi connectivity index (χ3n) is 14.1. The molecule has 1 heterocycles. The average Bonchev–Trinajstić information content (AvgIpc) is 3.46. The normalized spacial score (nSPS) is 17.5. The lowest BCUT2D eigenvalue weighted by Gasteiger charge is -2.45. The van der Waals surface area contributed by atoms with Gasteiger partial charge in [-0.1, -0.05) is 262 Å². The van der Waals surface area contributed by atoms with Crippen LogP contribution in [0.1, 0.15) is 170 Å². The predicted octanol–water partition coefficient (Wildman–Crippen LogP) is 15.5. The van der Waals surface area contributed by atoms with Crippen molar-refractivity contribution < 1.29 is 42.8 Å². The van der Waals surface area contributed by atoms with Gasteiger partial charge < -0.3 is 28.4 Å². The van der Waals surface area contributed by atoms with Crippen LogP contribution in [0, 0.1) is 0 Å². The van der Waals surface area contributed by atoms with Crippen molar-refractivity contribution in [3.8, 4) is 0 Å². The summed E-state index contributed by atoms with van der Waals surface area (Å²) in [5, 5.41) is 0. The van der Waals surface area contributed by atoms with Crippen LogP contribution in [-0.2, 0) is 34.0 Å². The van der Waals surface area contributed by atoms with Gasteiger partial charge in [-0.2, -0.15) is 0 Å². The molecule has 0 amide bonds. The fourth-order valence-corrected chi connectivity index (χ4v) is 10.0. The number of hydrogen-bond donors (Lipinski definition) is 0. The third-order valence-corrected chi connectivity index (χ3v) is 14.1. The summed E-state index contributed by atoms with van der Waals surface area (Å²) in [5.41, 5.74) is 2.14. The van der Waals surface area contributed by atoms with E-state index in [2.05, 4.69) is 6.92 Å². The van der Waals surface area contributed by atoms with Gasteiger partial charge in [0.05, 0.1) is 23.3 Å². The van der Waals surface area contributed by atoms with Crippen molar-refractivity contribution in [2.45, 2.75) is 159 Å². The number of hydrogen-bond acceptors (Lipinski definition) is 9. The van der Waals surface area contributed by atoms with E-state index in [0.717, 1.165) is 42.4 Å². The minimum atomic E-state index is -1.43. The van der Waals surface area contributed by atoms with Crippen molar-refractivity contribution in [2.24, 2.45) is 0 Å². The first-order valence-corrected chi connectivity index (χ1v) is 27.8. The maximum Gasteiger partial charge on any atom is 0.338 e. The van der Waals surface area contributed by atoms with Crippen molar-refractivity contribution in [3.05, 3.63) is 215 Å². The molecule has 0 aliphatic carbocycles. The molecule has 75 heavy (non-hydrogen) atoms. The zero-order chi connectivity index (χ0) is 52.2. The molecule has 0 N–H and O–H groups in total. The van der Waals surface area contributed by atoms with Crippen molar-refractivity contribution in [2.75, 3.05) is 13.2 Å². The largest absolute Gasteiger partial charge is 0.452 e. The van der Waals surface area contributed by atoms with Gasteiger partial charge in [0.1, 0.15) is 11.7 Å². The molecule has 9 heteroatoms. The van der Waals surface area contributed by atoms with Crippen LogP contribution in [0.2, 0.25) is 0 Å². The van der Waals surface area contributed by atoms with Crippen LogP contribution in [0.25, 0.3) is 0 Å². The van der Waals surface area contributed by atoms with E-state index in [1.807, 2.05) is 91.0 Å². The van der Waals surface area contributed by atoms with Crippen LogP contribution >= 0.6 is 0 Å². The highest BCUT2D eigenvalue weighted by molar-refractivity contribution is 5.91. The van der Waals surface area contributed by atoms with E-state index in [4.69, 9.17) is 28.4 Å². The van der Waals surface area contributed by atoms with Crippen LogP contribution in [-0.4, -0.2) is 61.8 Å². The molecular weight excluding hydrogens is 937 g/mol. The Morgan fingerprint density at radius 1 is 0.387 bits per heavy atom. The van der Waals surface area contributed by atoms with E-state index in [-0.39, 0.29) is 29.9 Å². The molecule has 0 aromatic heterocycles. The molecule has 0 spiro atoms. The predicted molar refractivity (Wildman–Crippen MR) is 295 cm³/mol. The van der Waals surface area contributed by atoms with E-state index in [9.17, 15) is 14.4 Å². The van der Waals surface area contributed by atoms with Crippen molar-refractivity contribution in [3.63, 3.8) is 0 Å². The van der Waals surface area contributed by atoms with Crippen LogP contribution in [0.4, 0.5) is 0 Å². The SMILES string of the molecule is CCCCCCCCCCCCCCCCCCCCO[C@H]1O[C@H](COC(c2ccccc2)(c2ccccc2)c2ccccc2)[C@H](OC(=O)c2ccccc2)[C@H](OC(=O)c2ccccc2)[C@H]1OC(=O)c1ccccc1. The van der Waals surface area contributed by atoms with Gasteiger partial charge in [0, 0.05) is 6.61 Å². The zero-order valence-corrected chi connectivity index (χ0v) is 44.0. The molecule has 5 atom stereocenters. The second-order valence-electron chi connectivity index (χ2n) is 19.7. The van der Waals surface area contributed by atoms with Gasteiger partial charge in [0.2, 0.25) is 0 Å². The van der Waals surface area contributed by atoms with Crippen molar-refractivity contribution >= 4 is 17.9 Å². The maximum atomic E-state index is 14.3. The molecule has 6 aromatic rings. The van der Waals surface area contributed by atoms with E-state index < -0.39 is 54.2 Å². The molecule has 1 aliphatic heterocycles. The summed E-state index contributed by atoms with van der Waals surface area (Å²) in [6, 6.07) is 55.5. The van der Waals surface area contributed by atoms with Crippen LogP contribution in [0.3, 0.4) is 0 Å². The summed E-state index contributed by atoms with van der Waals surface area (Å²) in [6.07, 6.45) is 16.0. The van der Waals surface area contributed by atoms with Crippen molar-refractivity contribution in [1.82, 2.24) is 0 Å². The summed E-state index contributed by atoms with van der Waals surface area (Å²) in [4.78, 5) is 42.8. The van der Waals surface area contributed by atoms with Gasteiger partial charge in [-0.15, -0.1) is 0 Å². The molecule has 0 unspecified atom stereocenters. The minimum Gasteiger partial charge on any atom is -0.452 e. The minimum absolute atomic E-state index is 0.191. The highest BCUT2D eigenvalue weighted by Crippen LogP contribution is 2.42.